The molecule has 2 aromatic rings. The predicted molar refractivity (Wildman–Crippen MR) is 152 cm³/mol. The van der Waals surface area contributed by atoms with Crippen molar-refractivity contribution in [2.24, 2.45) is 17.8 Å². The molecule has 1 saturated heterocycles. The molecule has 0 spiro atoms. The summed E-state index contributed by atoms with van der Waals surface area (Å²) in [5.74, 6) is 3.06. The van der Waals surface area contributed by atoms with Crippen LogP contribution in [0, 0.1) is 17.8 Å². The fraction of sp³-hybridized carbons (Fsp3) is 0.636. The zero-order valence-electron chi connectivity index (χ0n) is 22.2. The Labute approximate surface area is 216 Å². The van der Waals surface area contributed by atoms with Crippen LogP contribution in [0.15, 0.2) is 48.5 Å². The van der Waals surface area contributed by atoms with Crippen LogP contribution in [0.4, 0.5) is 4.39 Å². The van der Waals surface area contributed by atoms with Crippen LogP contribution in [0.2, 0.25) is 18.1 Å². The van der Waals surface area contributed by atoms with Crippen LogP contribution >= 0.6 is 0 Å². The number of hydrogen-bond acceptors (Lipinski definition) is 0. The lowest BCUT2D eigenvalue weighted by molar-refractivity contribution is 0.186. The van der Waals surface area contributed by atoms with Gasteiger partial charge >= 0.3 is 0 Å². The van der Waals surface area contributed by atoms with Crippen LogP contribution in [0.5, 0.6) is 0 Å². The number of hydrogen-bond donors (Lipinski definition) is 0. The second kappa shape index (κ2) is 14.4. The summed E-state index contributed by atoms with van der Waals surface area (Å²) >= 11 is 0. The van der Waals surface area contributed by atoms with Gasteiger partial charge in [0, 0.05) is 8.80 Å². The van der Waals surface area contributed by atoms with Crippen LogP contribution in [0.25, 0.3) is 11.1 Å². The molecular weight excluding hydrogens is 443 g/mol. The molecule has 1 aliphatic carbocycles. The van der Waals surface area contributed by atoms with E-state index in [0.717, 1.165) is 37.0 Å². The van der Waals surface area contributed by atoms with Crippen LogP contribution in [-0.2, 0) is 12.8 Å². The summed E-state index contributed by atoms with van der Waals surface area (Å²) in [6.07, 6.45) is 16.9. The minimum atomic E-state index is -0.189. The molecule has 2 heteroatoms. The molecule has 1 radical (unpaired) electrons. The summed E-state index contributed by atoms with van der Waals surface area (Å²) < 4.78 is 12.4. The van der Waals surface area contributed by atoms with Gasteiger partial charge < -0.3 is 0 Å². The third kappa shape index (κ3) is 8.04. The van der Waals surface area contributed by atoms with Crippen molar-refractivity contribution < 1.29 is 4.39 Å². The quantitative estimate of drug-likeness (QED) is 0.205. The topological polar surface area (TPSA) is 0 Å². The smallest absolute Gasteiger partial charge is 0.0894 e. The molecule has 0 N–H and O–H groups in total. The molecule has 1 heterocycles. The summed E-state index contributed by atoms with van der Waals surface area (Å²) in [6.45, 7) is 2.19. The highest BCUT2D eigenvalue weighted by molar-refractivity contribution is 6.58. The van der Waals surface area contributed by atoms with Gasteiger partial charge in [0.25, 0.3) is 0 Å². The lowest BCUT2D eigenvalue weighted by atomic mass is 9.73. The molecule has 0 amide bonds. The summed E-state index contributed by atoms with van der Waals surface area (Å²) in [7, 11) is 0.0392. The number of halogens is 1. The first-order valence-corrected chi connectivity index (χ1v) is 17.0. The zero-order valence-corrected chi connectivity index (χ0v) is 23.2. The molecule has 0 nitrogen and oxygen atoms in total. The number of benzene rings is 2. The third-order valence-corrected chi connectivity index (χ3v) is 12.3. The van der Waals surface area contributed by atoms with E-state index in [0.29, 0.717) is 6.42 Å². The van der Waals surface area contributed by atoms with E-state index < -0.39 is 0 Å². The molecule has 0 aromatic heterocycles. The molecule has 2 aliphatic rings. The average Bonchev–Trinajstić information content (AvgIpc) is 2.91. The Morgan fingerprint density at radius 3 is 2.20 bits per heavy atom. The molecule has 191 valence electrons. The molecular formula is C33H48FSi. The Balaban J connectivity index is 1.21. The maximum absolute atomic E-state index is 12.4. The SMILES string of the molecule is CCC[Si]1CCC(C2CCC(CCc3ccc(-c4ccccc4CCCCCF)cc3)CC2)CC1. The van der Waals surface area contributed by atoms with Crippen molar-refractivity contribution in [3.63, 3.8) is 0 Å². The number of unbranched alkanes of at least 4 members (excludes halogenated alkanes) is 2. The summed E-state index contributed by atoms with van der Waals surface area (Å²) in [5, 5.41) is 0. The van der Waals surface area contributed by atoms with Crippen molar-refractivity contribution in [1.29, 1.82) is 0 Å². The summed E-state index contributed by atoms with van der Waals surface area (Å²) in [5.41, 5.74) is 5.57. The monoisotopic (exact) mass is 491 g/mol. The van der Waals surface area contributed by atoms with Gasteiger partial charge in [-0.3, -0.25) is 4.39 Å². The van der Waals surface area contributed by atoms with Crippen molar-refractivity contribution in [3.8, 4) is 11.1 Å². The minimum Gasteiger partial charge on any atom is -0.251 e. The molecule has 2 aromatic carbocycles. The van der Waals surface area contributed by atoms with E-state index in [-0.39, 0.29) is 15.5 Å². The van der Waals surface area contributed by atoms with Gasteiger partial charge in [0.1, 0.15) is 0 Å². The molecule has 4 rings (SSSR count). The van der Waals surface area contributed by atoms with Gasteiger partial charge in [0.2, 0.25) is 0 Å². The molecule has 1 saturated carbocycles. The molecule has 2 fully saturated rings. The highest BCUT2D eigenvalue weighted by Gasteiger charge is 2.30. The lowest BCUT2D eigenvalue weighted by Gasteiger charge is -2.37. The Morgan fingerprint density at radius 2 is 1.49 bits per heavy atom. The molecule has 1 aliphatic heterocycles. The number of rotatable bonds is 12. The average molecular weight is 492 g/mol. The predicted octanol–water partition coefficient (Wildman–Crippen LogP) is 10.1. The lowest BCUT2D eigenvalue weighted by Crippen LogP contribution is -2.28. The zero-order chi connectivity index (χ0) is 24.3. The van der Waals surface area contributed by atoms with E-state index in [9.17, 15) is 4.39 Å². The first-order valence-electron chi connectivity index (χ1n) is 14.8. The molecule has 35 heavy (non-hydrogen) atoms. The van der Waals surface area contributed by atoms with Crippen LogP contribution in [-0.4, -0.2) is 15.5 Å². The highest BCUT2D eigenvalue weighted by atomic mass is 28.3. The van der Waals surface area contributed by atoms with Gasteiger partial charge in [-0.2, -0.15) is 0 Å². The van der Waals surface area contributed by atoms with Crippen molar-refractivity contribution in [1.82, 2.24) is 0 Å². The van der Waals surface area contributed by atoms with E-state index in [1.165, 1.54) is 67.2 Å². The fourth-order valence-corrected chi connectivity index (χ4v) is 9.92. The first-order chi connectivity index (χ1) is 17.3. The maximum Gasteiger partial charge on any atom is 0.0894 e. The Kier molecular flexibility index (Phi) is 10.9. The highest BCUT2D eigenvalue weighted by Crippen LogP contribution is 2.42. The first kappa shape index (κ1) is 26.6. The Morgan fingerprint density at radius 1 is 0.771 bits per heavy atom. The third-order valence-electron chi connectivity index (χ3n) is 9.10. The van der Waals surface area contributed by atoms with Gasteiger partial charge in [-0.1, -0.05) is 112 Å². The summed E-state index contributed by atoms with van der Waals surface area (Å²) in [4.78, 5) is 0. The van der Waals surface area contributed by atoms with E-state index >= 15 is 0 Å². The Hall–Kier alpha value is -1.41. The summed E-state index contributed by atoms with van der Waals surface area (Å²) in [6, 6.07) is 22.9. The van der Waals surface area contributed by atoms with Crippen LogP contribution < -0.4 is 0 Å². The van der Waals surface area contributed by atoms with Gasteiger partial charge in [-0.15, -0.1) is 0 Å². The molecule has 0 unspecified atom stereocenters. The van der Waals surface area contributed by atoms with Crippen LogP contribution in [0.1, 0.15) is 88.7 Å². The van der Waals surface area contributed by atoms with Crippen molar-refractivity contribution >= 4 is 8.80 Å². The van der Waals surface area contributed by atoms with E-state index in [4.69, 9.17) is 0 Å². The maximum atomic E-state index is 12.4. The van der Waals surface area contributed by atoms with Crippen LogP contribution in [0.3, 0.4) is 0 Å². The molecule has 0 atom stereocenters. The van der Waals surface area contributed by atoms with Gasteiger partial charge in [-0.25, -0.2) is 0 Å². The second-order valence-electron chi connectivity index (χ2n) is 11.5. The normalized spacial score (nSPS) is 21.9. The fourth-order valence-electron chi connectivity index (χ4n) is 6.90. The Bertz CT molecular complexity index is 844. The largest absolute Gasteiger partial charge is 0.251 e. The van der Waals surface area contributed by atoms with E-state index in [1.807, 2.05) is 0 Å². The van der Waals surface area contributed by atoms with E-state index in [1.54, 1.807) is 31.0 Å². The second-order valence-corrected chi connectivity index (χ2v) is 14.5. The van der Waals surface area contributed by atoms with Crippen molar-refractivity contribution in [2.75, 3.05) is 6.67 Å². The number of alkyl halides is 1. The van der Waals surface area contributed by atoms with Crippen molar-refractivity contribution in [2.45, 2.75) is 109 Å². The van der Waals surface area contributed by atoms with E-state index in [2.05, 4.69) is 55.5 Å². The number of aryl methyl sites for hydroxylation is 2. The molecule has 0 bridgehead atoms. The standard InChI is InChI=1S/C33H48FSi/c1-2-24-35-25-21-30(22-26-35)29-17-13-27(14-18-29)11-12-28-15-19-32(20-16-28)33-10-6-5-9-31(33)8-4-3-7-23-34/h5-6,9-10,15-16,19-20,27,29-30H,2-4,7-8,11-14,17-18,21-26H2,1H3. The minimum absolute atomic E-state index is 0.0392. The van der Waals surface area contributed by atoms with Gasteiger partial charge in [0.15, 0.2) is 0 Å². The van der Waals surface area contributed by atoms with Gasteiger partial charge in [0.05, 0.1) is 6.67 Å². The van der Waals surface area contributed by atoms with Crippen molar-refractivity contribution in [3.05, 3.63) is 59.7 Å². The van der Waals surface area contributed by atoms with Gasteiger partial charge in [-0.05, 0) is 85.0 Å².